The number of carbonyl (C=O) groups excluding carboxylic acids is 1. The van der Waals surface area contributed by atoms with Gasteiger partial charge in [-0.3, -0.25) is 0 Å². The van der Waals surface area contributed by atoms with Gasteiger partial charge in [-0.15, -0.1) is 12.4 Å². The minimum absolute atomic E-state index is 0. The minimum Gasteiger partial charge on any atom is -0.490 e. The Morgan fingerprint density at radius 2 is 1.38 bits per heavy atom. The van der Waals surface area contributed by atoms with Crippen LogP contribution < -0.4 is 14.2 Å². The van der Waals surface area contributed by atoms with E-state index in [-0.39, 0.29) is 12.4 Å². The Hall–Kier alpha value is -1.66. The summed E-state index contributed by atoms with van der Waals surface area (Å²) < 4.78 is 22.3. The van der Waals surface area contributed by atoms with Gasteiger partial charge in [-0.25, -0.2) is 4.79 Å². The highest BCUT2D eigenvalue weighted by Crippen LogP contribution is 2.39. The topological polar surface area (TPSA) is 57.2 Å². The van der Waals surface area contributed by atoms with Gasteiger partial charge in [-0.05, 0) is 46.0 Å². The zero-order valence-electron chi connectivity index (χ0n) is 16.5. The van der Waals surface area contributed by atoms with E-state index >= 15 is 0 Å². The number of halogens is 1. The molecule has 0 heterocycles. The zero-order valence-corrected chi connectivity index (χ0v) is 17.3. The average Bonchev–Trinajstić information content (AvgIpc) is 2.61. The van der Waals surface area contributed by atoms with Gasteiger partial charge in [0.25, 0.3) is 0 Å². The molecule has 0 N–H and O–H groups in total. The SMILES string of the molecule is CCOc1cc(C(=O)OCCN(CC)CC)cc(OCC)c1OCC.Cl. The first-order valence-electron chi connectivity index (χ1n) is 9.06. The third-order valence-electron chi connectivity index (χ3n) is 3.68. The van der Waals surface area contributed by atoms with Crippen LogP contribution in [0.3, 0.4) is 0 Å². The van der Waals surface area contributed by atoms with Gasteiger partial charge in [0.15, 0.2) is 11.5 Å². The molecule has 150 valence electrons. The van der Waals surface area contributed by atoms with E-state index in [1.54, 1.807) is 12.1 Å². The number of hydrogen-bond donors (Lipinski definition) is 0. The number of likely N-dealkylation sites (N-methyl/N-ethyl adjacent to an activating group) is 1. The molecule has 0 bridgehead atoms. The maximum atomic E-state index is 12.4. The van der Waals surface area contributed by atoms with Gasteiger partial charge in [-0.2, -0.15) is 0 Å². The fourth-order valence-corrected chi connectivity index (χ4v) is 2.40. The second-order valence-corrected chi connectivity index (χ2v) is 5.26. The summed E-state index contributed by atoms with van der Waals surface area (Å²) in [5.74, 6) is 1.11. The van der Waals surface area contributed by atoms with Crippen LogP contribution in [0, 0.1) is 0 Å². The van der Waals surface area contributed by atoms with Gasteiger partial charge in [0.05, 0.1) is 25.4 Å². The van der Waals surface area contributed by atoms with Gasteiger partial charge in [0.1, 0.15) is 6.61 Å². The van der Waals surface area contributed by atoms with E-state index in [9.17, 15) is 4.79 Å². The monoisotopic (exact) mass is 389 g/mol. The van der Waals surface area contributed by atoms with E-state index in [2.05, 4.69) is 18.7 Å². The summed E-state index contributed by atoms with van der Waals surface area (Å²) in [7, 11) is 0. The fourth-order valence-electron chi connectivity index (χ4n) is 2.40. The van der Waals surface area contributed by atoms with Crippen LogP contribution in [0.15, 0.2) is 12.1 Å². The molecule has 0 aromatic heterocycles. The average molecular weight is 390 g/mol. The molecule has 0 atom stereocenters. The van der Waals surface area contributed by atoms with E-state index in [1.807, 2.05) is 20.8 Å². The first-order chi connectivity index (χ1) is 12.1. The Labute approximate surface area is 163 Å². The van der Waals surface area contributed by atoms with Crippen molar-refractivity contribution in [1.29, 1.82) is 0 Å². The maximum absolute atomic E-state index is 12.4. The summed E-state index contributed by atoms with van der Waals surface area (Å²) in [5, 5.41) is 0. The van der Waals surface area contributed by atoms with E-state index in [1.165, 1.54) is 0 Å². The highest BCUT2D eigenvalue weighted by atomic mass is 35.5. The van der Waals surface area contributed by atoms with Crippen molar-refractivity contribution >= 4 is 18.4 Å². The lowest BCUT2D eigenvalue weighted by Crippen LogP contribution is -2.27. The van der Waals surface area contributed by atoms with Crippen molar-refractivity contribution in [3.63, 3.8) is 0 Å². The van der Waals surface area contributed by atoms with Crippen LogP contribution in [0.4, 0.5) is 0 Å². The van der Waals surface area contributed by atoms with Crippen molar-refractivity contribution in [2.75, 3.05) is 46.1 Å². The molecule has 0 fully saturated rings. The van der Waals surface area contributed by atoms with Gasteiger partial charge >= 0.3 is 5.97 Å². The number of rotatable bonds is 12. The largest absolute Gasteiger partial charge is 0.490 e. The van der Waals surface area contributed by atoms with Crippen molar-refractivity contribution in [3.8, 4) is 17.2 Å². The van der Waals surface area contributed by atoms with Crippen molar-refractivity contribution in [3.05, 3.63) is 17.7 Å². The summed E-state index contributed by atoms with van der Waals surface area (Å²) >= 11 is 0. The first kappa shape index (κ1) is 24.3. The molecule has 0 aliphatic carbocycles. The van der Waals surface area contributed by atoms with Gasteiger partial charge in [-0.1, -0.05) is 13.8 Å². The molecule has 0 radical (unpaired) electrons. The lowest BCUT2D eigenvalue weighted by atomic mass is 10.2. The molecule has 26 heavy (non-hydrogen) atoms. The highest BCUT2D eigenvalue weighted by molar-refractivity contribution is 5.91. The number of hydrogen-bond acceptors (Lipinski definition) is 6. The molecule has 0 saturated carbocycles. The molecule has 1 aromatic rings. The number of benzene rings is 1. The maximum Gasteiger partial charge on any atom is 0.338 e. The molecular formula is C19H32ClNO5. The molecule has 0 spiro atoms. The molecule has 1 aromatic carbocycles. The molecule has 0 saturated heterocycles. The second-order valence-electron chi connectivity index (χ2n) is 5.26. The lowest BCUT2D eigenvalue weighted by molar-refractivity contribution is 0.0465. The quantitative estimate of drug-likeness (QED) is 0.507. The fraction of sp³-hybridized carbons (Fsp3) is 0.632. The summed E-state index contributed by atoms with van der Waals surface area (Å²) in [6.45, 7) is 14.2. The molecule has 0 aliphatic heterocycles. The van der Waals surface area contributed by atoms with Crippen LogP contribution in [0.25, 0.3) is 0 Å². The smallest absolute Gasteiger partial charge is 0.338 e. The Bertz CT molecular complexity index is 508. The number of ether oxygens (including phenoxy) is 4. The van der Waals surface area contributed by atoms with E-state index < -0.39 is 5.97 Å². The third kappa shape index (κ3) is 7.30. The Balaban J connectivity index is 0.00000625. The predicted molar refractivity (Wildman–Crippen MR) is 105 cm³/mol. The molecule has 0 amide bonds. The van der Waals surface area contributed by atoms with Crippen molar-refractivity contribution < 1.29 is 23.7 Å². The van der Waals surface area contributed by atoms with E-state index in [0.29, 0.717) is 55.8 Å². The molecular weight excluding hydrogens is 358 g/mol. The zero-order chi connectivity index (χ0) is 18.7. The van der Waals surface area contributed by atoms with E-state index in [0.717, 1.165) is 13.1 Å². The van der Waals surface area contributed by atoms with Crippen LogP contribution in [-0.4, -0.2) is 56.9 Å². The number of nitrogens with zero attached hydrogens (tertiary/aromatic N) is 1. The first-order valence-corrected chi connectivity index (χ1v) is 9.06. The summed E-state index contributed by atoms with van der Waals surface area (Å²) in [6.07, 6.45) is 0. The van der Waals surface area contributed by atoms with Gasteiger partial charge < -0.3 is 23.8 Å². The molecule has 0 unspecified atom stereocenters. The Morgan fingerprint density at radius 3 is 1.81 bits per heavy atom. The number of carbonyl (C=O) groups is 1. The minimum atomic E-state index is -0.392. The predicted octanol–water partition coefficient (Wildman–Crippen LogP) is 3.80. The summed E-state index contributed by atoms with van der Waals surface area (Å²) in [4.78, 5) is 14.6. The standard InChI is InChI=1S/C19H31NO5.ClH/c1-6-20(7-2)11-12-25-19(21)15-13-16(22-8-3)18(24-10-5)17(14-15)23-9-4;/h13-14H,6-12H2,1-5H3;1H. The van der Waals surface area contributed by atoms with Crippen LogP contribution in [0.1, 0.15) is 45.0 Å². The normalized spacial score (nSPS) is 10.2. The lowest BCUT2D eigenvalue weighted by Gasteiger charge is -2.18. The van der Waals surface area contributed by atoms with Gasteiger partial charge in [0, 0.05) is 6.54 Å². The molecule has 1 rings (SSSR count). The Morgan fingerprint density at radius 1 is 0.885 bits per heavy atom. The van der Waals surface area contributed by atoms with Crippen LogP contribution in [-0.2, 0) is 4.74 Å². The molecule has 0 aliphatic rings. The highest BCUT2D eigenvalue weighted by Gasteiger charge is 2.19. The second kappa shape index (κ2) is 13.5. The molecule has 6 nitrogen and oxygen atoms in total. The summed E-state index contributed by atoms with van der Waals surface area (Å²) in [5.41, 5.74) is 0.398. The third-order valence-corrected chi connectivity index (χ3v) is 3.68. The van der Waals surface area contributed by atoms with Crippen molar-refractivity contribution in [1.82, 2.24) is 4.90 Å². The van der Waals surface area contributed by atoms with E-state index in [4.69, 9.17) is 18.9 Å². The molecule has 7 heteroatoms. The van der Waals surface area contributed by atoms with Crippen molar-refractivity contribution in [2.45, 2.75) is 34.6 Å². The summed E-state index contributed by atoms with van der Waals surface area (Å²) in [6, 6.07) is 3.30. The van der Waals surface area contributed by atoms with Crippen molar-refractivity contribution in [2.24, 2.45) is 0 Å². The van der Waals surface area contributed by atoms with Gasteiger partial charge in [0.2, 0.25) is 5.75 Å². The van der Waals surface area contributed by atoms with Crippen LogP contribution in [0.5, 0.6) is 17.2 Å². The number of esters is 1. The van der Waals surface area contributed by atoms with Crippen LogP contribution >= 0.6 is 12.4 Å². The van der Waals surface area contributed by atoms with Crippen LogP contribution in [0.2, 0.25) is 0 Å². The Kier molecular flexibility index (Phi) is 12.7.